The van der Waals surface area contributed by atoms with Gasteiger partial charge >= 0.3 is 6.03 Å². The molecule has 1 aliphatic rings. The molecule has 3 rings (SSSR count). The van der Waals surface area contributed by atoms with Crippen LogP contribution >= 0.6 is 0 Å². The van der Waals surface area contributed by atoms with Gasteiger partial charge in [-0.15, -0.1) is 0 Å². The van der Waals surface area contributed by atoms with Crippen molar-refractivity contribution in [2.24, 2.45) is 5.92 Å². The number of likely N-dealkylation sites (tertiary alicyclic amines) is 1. The third kappa shape index (κ3) is 4.60. The lowest BCUT2D eigenvalue weighted by Gasteiger charge is -2.31. The minimum atomic E-state index is -0.518. The summed E-state index contributed by atoms with van der Waals surface area (Å²) in [5.74, 6) is 0.618. The number of nitrogens with one attached hydrogen (secondary N) is 2. The number of carbonyl (C=O) groups excluding carboxylic acids is 2. The summed E-state index contributed by atoms with van der Waals surface area (Å²) < 4.78 is 4.91. The Hall–Kier alpha value is -3.43. The predicted octanol–water partition coefficient (Wildman–Crippen LogP) is 2.77. The SMILES string of the molecule is Cc1cc(NC(=O)C2CCN(C(=O)Nc3cccc([N+](=O)[O-])c3)CC2)no1. The zero-order chi connectivity index (χ0) is 19.4. The van der Waals surface area contributed by atoms with Crippen molar-refractivity contribution < 1.29 is 19.0 Å². The number of carbonyl (C=O) groups is 2. The van der Waals surface area contributed by atoms with Crippen molar-refractivity contribution in [1.29, 1.82) is 0 Å². The van der Waals surface area contributed by atoms with Crippen molar-refractivity contribution in [2.45, 2.75) is 19.8 Å². The van der Waals surface area contributed by atoms with Gasteiger partial charge in [0.25, 0.3) is 5.69 Å². The molecule has 0 spiro atoms. The van der Waals surface area contributed by atoms with E-state index in [-0.39, 0.29) is 23.5 Å². The van der Waals surface area contributed by atoms with Crippen LogP contribution in [0.2, 0.25) is 0 Å². The third-order valence-corrected chi connectivity index (χ3v) is 4.34. The zero-order valence-corrected chi connectivity index (χ0v) is 14.7. The molecule has 2 N–H and O–H groups in total. The van der Waals surface area contributed by atoms with Crippen molar-refractivity contribution in [3.8, 4) is 0 Å². The van der Waals surface area contributed by atoms with E-state index in [2.05, 4.69) is 15.8 Å². The molecule has 0 unspecified atom stereocenters. The van der Waals surface area contributed by atoms with E-state index in [9.17, 15) is 19.7 Å². The lowest BCUT2D eigenvalue weighted by atomic mass is 9.96. The second kappa shape index (κ2) is 7.85. The van der Waals surface area contributed by atoms with Crippen LogP contribution in [0.15, 0.2) is 34.9 Å². The van der Waals surface area contributed by atoms with Crippen LogP contribution < -0.4 is 10.6 Å². The van der Waals surface area contributed by atoms with Crippen molar-refractivity contribution >= 4 is 29.1 Å². The van der Waals surface area contributed by atoms with Gasteiger partial charge in [0.15, 0.2) is 5.82 Å². The zero-order valence-electron chi connectivity index (χ0n) is 14.7. The van der Waals surface area contributed by atoms with E-state index < -0.39 is 4.92 Å². The molecule has 27 heavy (non-hydrogen) atoms. The summed E-state index contributed by atoms with van der Waals surface area (Å²) in [4.78, 5) is 36.5. The number of non-ortho nitro benzene ring substituents is 1. The highest BCUT2D eigenvalue weighted by molar-refractivity contribution is 5.92. The van der Waals surface area contributed by atoms with Gasteiger partial charge in [-0.05, 0) is 25.8 Å². The van der Waals surface area contributed by atoms with Crippen LogP contribution in [-0.2, 0) is 4.79 Å². The summed E-state index contributed by atoms with van der Waals surface area (Å²) >= 11 is 0. The van der Waals surface area contributed by atoms with Crippen LogP contribution in [0.25, 0.3) is 0 Å². The molecule has 1 aromatic carbocycles. The van der Waals surface area contributed by atoms with Crippen molar-refractivity contribution in [1.82, 2.24) is 10.1 Å². The molecule has 10 nitrogen and oxygen atoms in total. The standard InChI is InChI=1S/C17H19N5O5/c1-11-9-15(20-27-11)19-16(23)12-5-7-21(8-6-12)17(24)18-13-3-2-4-14(10-13)22(25)26/h2-4,9-10,12H,5-8H2,1H3,(H,18,24)(H,19,20,23). The minimum Gasteiger partial charge on any atom is -0.360 e. The summed E-state index contributed by atoms with van der Waals surface area (Å²) in [7, 11) is 0. The maximum absolute atomic E-state index is 12.3. The summed E-state index contributed by atoms with van der Waals surface area (Å²) in [5, 5.41) is 19.9. The number of urea groups is 1. The number of nitro groups is 1. The smallest absolute Gasteiger partial charge is 0.321 e. The number of nitrogens with zero attached hydrogens (tertiary/aromatic N) is 3. The van der Waals surface area contributed by atoms with Gasteiger partial charge in [0, 0.05) is 42.9 Å². The van der Waals surface area contributed by atoms with Crippen LogP contribution in [0.1, 0.15) is 18.6 Å². The molecule has 1 aliphatic heterocycles. The molecular formula is C17H19N5O5. The van der Waals surface area contributed by atoms with Crippen LogP contribution in [0, 0.1) is 23.0 Å². The van der Waals surface area contributed by atoms with Gasteiger partial charge in [-0.2, -0.15) is 0 Å². The number of rotatable bonds is 4. The number of hydrogen-bond donors (Lipinski definition) is 2. The van der Waals surface area contributed by atoms with Crippen molar-refractivity contribution in [2.75, 3.05) is 23.7 Å². The topological polar surface area (TPSA) is 131 Å². The minimum absolute atomic E-state index is 0.0914. The average molecular weight is 373 g/mol. The monoisotopic (exact) mass is 373 g/mol. The quantitative estimate of drug-likeness (QED) is 0.626. The third-order valence-electron chi connectivity index (χ3n) is 4.34. The number of aryl methyl sites for hydroxylation is 1. The van der Waals surface area contributed by atoms with Crippen LogP contribution in [-0.4, -0.2) is 40.0 Å². The number of nitro benzene ring substituents is 1. The predicted molar refractivity (Wildman–Crippen MR) is 96.3 cm³/mol. The van der Waals surface area contributed by atoms with Gasteiger partial charge in [0.1, 0.15) is 5.76 Å². The molecule has 10 heteroatoms. The number of aromatic nitrogens is 1. The van der Waals surface area contributed by atoms with Gasteiger partial charge in [-0.25, -0.2) is 4.79 Å². The number of piperidine rings is 1. The summed E-state index contributed by atoms with van der Waals surface area (Å²) in [6, 6.07) is 7.05. The molecule has 2 heterocycles. The Morgan fingerprint density at radius 3 is 2.63 bits per heavy atom. The molecule has 1 fully saturated rings. The average Bonchev–Trinajstić information content (AvgIpc) is 3.06. The molecule has 142 valence electrons. The summed E-state index contributed by atoms with van der Waals surface area (Å²) in [5.41, 5.74) is 0.266. The number of benzene rings is 1. The van der Waals surface area contributed by atoms with E-state index in [1.807, 2.05) is 0 Å². The number of hydrogen-bond acceptors (Lipinski definition) is 6. The molecule has 2 aromatic rings. The molecule has 1 aromatic heterocycles. The Balaban J connectivity index is 1.51. The van der Waals surface area contributed by atoms with Gasteiger partial charge in [0.05, 0.1) is 4.92 Å². The second-order valence-corrected chi connectivity index (χ2v) is 6.31. The van der Waals surface area contributed by atoms with E-state index in [0.29, 0.717) is 43.2 Å². The van der Waals surface area contributed by atoms with Crippen molar-refractivity contribution in [3.63, 3.8) is 0 Å². The number of amides is 3. The highest BCUT2D eigenvalue weighted by Crippen LogP contribution is 2.21. The van der Waals surface area contributed by atoms with E-state index in [1.165, 1.54) is 18.2 Å². The first-order valence-electron chi connectivity index (χ1n) is 8.47. The lowest BCUT2D eigenvalue weighted by molar-refractivity contribution is -0.384. The Morgan fingerprint density at radius 1 is 1.26 bits per heavy atom. The van der Waals surface area contributed by atoms with Gasteiger partial charge in [-0.3, -0.25) is 14.9 Å². The molecular weight excluding hydrogens is 354 g/mol. The summed E-state index contributed by atoms with van der Waals surface area (Å²) in [6.07, 6.45) is 1.04. The van der Waals surface area contributed by atoms with Gasteiger partial charge in [-0.1, -0.05) is 11.2 Å². The first-order chi connectivity index (χ1) is 12.9. The maximum Gasteiger partial charge on any atom is 0.321 e. The van der Waals surface area contributed by atoms with E-state index in [0.717, 1.165) is 0 Å². The van der Waals surface area contributed by atoms with Gasteiger partial charge in [0.2, 0.25) is 5.91 Å². The van der Waals surface area contributed by atoms with Gasteiger partial charge < -0.3 is 20.1 Å². The fourth-order valence-electron chi connectivity index (χ4n) is 2.90. The normalized spacial score (nSPS) is 14.6. The fourth-order valence-corrected chi connectivity index (χ4v) is 2.90. The molecule has 3 amide bonds. The van der Waals surface area contributed by atoms with Crippen LogP contribution in [0.3, 0.4) is 0 Å². The maximum atomic E-state index is 12.3. The highest BCUT2D eigenvalue weighted by atomic mass is 16.6. The highest BCUT2D eigenvalue weighted by Gasteiger charge is 2.28. The lowest BCUT2D eigenvalue weighted by Crippen LogP contribution is -2.43. The van der Waals surface area contributed by atoms with Crippen LogP contribution in [0.5, 0.6) is 0 Å². The molecule has 0 radical (unpaired) electrons. The van der Waals surface area contributed by atoms with E-state index >= 15 is 0 Å². The Morgan fingerprint density at radius 2 is 2.00 bits per heavy atom. The number of anilines is 2. The molecule has 0 aliphatic carbocycles. The van der Waals surface area contributed by atoms with E-state index in [1.54, 1.807) is 24.0 Å². The fraction of sp³-hybridized carbons (Fsp3) is 0.353. The first kappa shape index (κ1) is 18.4. The largest absolute Gasteiger partial charge is 0.360 e. The Labute approximate surface area is 154 Å². The second-order valence-electron chi connectivity index (χ2n) is 6.31. The van der Waals surface area contributed by atoms with Crippen LogP contribution in [0.4, 0.5) is 22.0 Å². The Kier molecular flexibility index (Phi) is 5.34. The first-order valence-corrected chi connectivity index (χ1v) is 8.47. The molecule has 1 saturated heterocycles. The Bertz CT molecular complexity index is 857. The summed E-state index contributed by atoms with van der Waals surface area (Å²) in [6.45, 7) is 2.56. The molecule has 0 bridgehead atoms. The van der Waals surface area contributed by atoms with E-state index in [4.69, 9.17) is 4.52 Å². The van der Waals surface area contributed by atoms with Crippen molar-refractivity contribution in [3.05, 3.63) is 46.2 Å². The molecule has 0 saturated carbocycles. The molecule has 0 atom stereocenters.